The Morgan fingerprint density at radius 2 is 1.83 bits per heavy atom. The minimum Gasteiger partial charge on any atom is -0.508 e. The molecule has 0 aliphatic carbocycles. The third kappa shape index (κ3) is 3.26. The molecule has 0 aliphatic heterocycles. The van der Waals surface area contributed by atoms with E-state index < -0.39 is 0 Å². The van der Waals surface area contributed by atoms with Crippen molar-refractivity contribution in [2.24, 2.45) is 0 Å². The SMILES string of the molecule is CC(C)(C)c1nnc(CSc2ccc(O)cc2)o1. The minimum absolute atomic E-state index is 0.117. The third-order valence-electron chi connectivity index (χ3n) is 2.31. The number of phenols is 1. The van der Waals surface area contributed by atoms with Gasteiger partial charge in [-0.05, 0) is 24.3 Å². The lowest BCUT2D eigenvalue weighted by Crippen LogP contribution is -2.11. The van der Waals surface area contributed by atoms with Crippen LogP contribution in [0, 0.1) is 0 Å². The van der Waals surface area contributed by atoms with E-state index in [1.54, 1.807) is 23.9 Å². The fraction of sp³-hybridized carbons (Fsp3) is 0.385. The van der Waals surface area contributed by atoms with Gasteiger partial charge >= 0.3 is 0 Å². The summed E-state index contributed by atoms with van der Waals surface area (Å²) in [4.78, 5) is 1.06. The molecule has 0 saturated heterocycles. The van der Waals surface area contributed by atoms with Crippen LogP contribution in [0.5, 0.6) is 5.75 Å². The van der Waals surface area contributed by atoms with Gasteiger partial charge in [0.2, 0.25) is 11.8 Å². The second-order valence-corrected chi connectivity index (χ2v) is 6.08. The Morgan fingerprint density at radius 3 is 2.39 bits per heavy atom. The number of thioether (sulfide) groups is 1. The summed E-state index contributed by atoms with van der Waals surface area (Å²) in [6.45, 7) is 6.12. The molecule has 0 amide bonds. The lowest BCUT2D eigenvalue weighted by atomic mass is 9.97. The van der Waals surface area contributed by atoms with Crippen LogP contribution >= 0.6 is 11.8 Å². The lowest BCUT2D eigenvalue weighted by molar-refractivity contribution is 0.378. The Bertz CT molecular complexity index is 515. The number of rotatable bonds is 3. The largest absolute Gasteiger partial charge is 0.508 e. The van der Waals surface area contributed by atoms with Crippen molar-refractivity contribution in [3.8, 4) is 5.75 Å². The molecule has 1 heterocycles. The highest BCUT2D eigenvalue weighted by atomic mass is 32.2. The van der Waals surface area contributed by atoms with Gasteiger partial charge in [-0.2, -0.15) is 0 Å². The van der Waals surface area contributed by atoms with Crippen molar-refractivity contribution < 1.29 is 9.52 Å². The van der Waals surface area contributed by atoms with Gasteiger partial charge < -0.3 is 9.52 Å². The Kier molecular flexibility index (Phi) is 3.61. The summed E-state index contributed by atoms with van der Waals surface area (Å²) in [5.74, 6) is 2.18. The molecule has 4 nitrogen and oxygen atoms in total. The zero-order chi connectivity index (χ0) is 13.2. The molecule has 0 fully saturated rings. The van der Waals surface area contributed by atoms with Crippen LogP contribution in [-0.4, -0.2) is 15.3 Å². The van der Waals surface area contributed by atoms with Crippen LogP contribution in [0.3, 0.4) is 0 Å². The first kappa shape index (κ1) is 13.0. The molecule has 18 heavy (non-hydrogen) atoms. The van der Waals surface area contributed by atoms with Crippen molar-refractivity contribution in [2.75, 3.05) is 0 Å². The fourth-order valence-corrected chi connectivity index (χ4v) is 2.04. The molecular weight excluding hydrogens is 248 g/mol. The van der Waals surface area contributed by atoms with Crippen LogP contribution in [0.15, 0.2) is 33.6 Å². The van der Waals surface area contributed by atoms with Crippen molar-refractivity contribution >= 4 is 11.8 Å². The summed E-state index contributed by atoms with van der Waals surface area (Å²) in [6.07, 6.45) is 0. The molecule has 0 radical (unpaired) electrons. The molecule has 2 rings (SSSR count). The van der Waals surface area contributed by atoms with Crippen LogP contribution < -0.4 is 0 Å². The van der Waals surface area contributed by atoms with E-state index >= 15 is 0 Å². The van der Waals surface area contributed by atoms with E-state index in [1.165, 1.54) is 0 Å². The van der Waals surface area contributed by atoms with Gasteiger partial charge in [0.25, 0.3) is 0 Å². The number of nitrogens with zero attached hydrogens (tertiary/aromatic N) is 2. The third-order valence-corrected chi connectivity index (χ3v) is 3.30. The Morgan fingerprint density at radius 1 is 1.17 bits per heavy atom. The first-order valence-electron chi connectivity index (χ1n) is 5.70. The van der Waals surface area contributed by atoms with Gasteiger partial charge in [-0.3, -0.25) is 0 Å². The summed E-state index contributed by atoms with van der Waals surface area (Å²) in [6, 6.07) is 7.05. The monoisotopic (exact) mass is 264 g/mol. The van der Waals surface area contributed by atoms with Crippen molar-refractivity contribution in [3.05, 3.63) is 36.0 Å². The molecule has 0 atom stereocenters. The molecule has 0 unspecified atom stereocenters. The molecule has 1 aromatic carbocycles. The second-order valence-electron chi connectivity index (χ2n) is 5.03. The standard InChI is InChI=1S/C13H16N2O2S/c1-13(2,3)12-15-14-11(17-12)8-18-10-6-4-9(16)5-7-10/h4-7,16H,8H2,1-3H3. The van der Waals surface area contributed by atoms with Crippen molar-refractivity contribution in [1.29, 1.82) is 0 Å². The Balaban J connectivity index is 1.98. The maximum Gasteiger partial charge on any atom is 0.226 e. The van der Waals surface area contributed by atoms with Gasteiger partial charge in [0.05, 0.1) is 5.75 Å². The normalized spacial score (nSPS) is 11.7. The summed E-state index contributed by atoms with van der Waals surface area (Å²) in [5, 5.41) is 17.3. The first-order chi connectivity index (χ1) is 8.45. The van der Waals surface area contributed by atoms with Gasteiger partial charge in [-0.1, -0.05) is 20.8 Å². The van der Waals surface area contributed by atoms with Gasteiger partial charge in [0.15, 0.2) is 0 Å². The minimum atomic E-state index is -0.117. The Hall–Kier alpha value is -1.49. The van der Waals surface area contributed by atoms with Crippen molar-refractivity contribution in [3.63, 3.8) is 0 Å². The van der Waals surface area contributed by atoms with E-state index in [0.717, 1.165) is 4.90 Å². The molecule has 5 heteroatoms. The van der Waals surface area contributed by atoms with Gasteiger partial charge in [0.1, 0.15) is 5.75 Å². The van der Waals surface area contributed by atoms with Crippen LogP contribution in [0.25, 0.3) is 0 Å². The van der Waals surface area contributed by atoms with Crippen LogP contribution in [-0.2, 0) is 11.2 Å². The number of hydrogen-bond acceptors (Lipinski definition) is 5. The smallest absolute Gasteiger partial charge is 0.226 e. The lowest BCUT2D eigenvalue weighted by Gasteiger charge is -2.10. The highest BCUT2D eigenvalue weighted by molar-refractivity contribution is 7.98. The highest BCUT2D eigenvalue weighted by Gasteiger charge is 2.21. The first-order valence-corrected chi connectivity index (χ1v) is 6.68. The van der Waals surface area contributed by atoms with Crippen LogP contribution in [0.4, 0.5) is 0 Å². The number of aromatic nitrogens is 2. The van der Waals surface area contributed by atoms with E-state index in [4.69, 9.17) is 4.42 Å². The van der Waals surface area contributed by atoms with E-state index in [0.29, 0.717) is 17.5 Å². The van der Waals surface area contributed by atoms with Gasteiger partial charge in [-0.25, -0.2) is 0 Å². The van der Waals surface area contributed by atoms with Crippen LogP contribution in [0.1, 0.15) is 32.6 Å². The van der Waals surface area contributed by atoms with E-state index in [1.807, 2.05) is 32.9 Å². The summed E-state index contributed by atoms with van der Waals surface area (Å²) < 4.78 is 5.60. The molecule has 0 saturated carbocycles. The van der Waals surface area contributed by atoms with Crippen molar-refractivity contribution in [1.82, 2.24) is 10.2 Å². The predicted molar refractivity (Wildman–Crippen MR) is 70.7 cm³/mol. The Labute approximate surface area is 110 Å². The molecule has 0 spiro atoms. The maximum atomic E-state index is 9.18. The molecule has 96 valence electrons. The summed E-state index contributed by atoms with van der Waals surface area (Å²) in [5.41, 5.74) is -0.117. The molecule has 1 aromatic heterocycles. The topological polar surface area (TPSA) is 59.2 Å². The summed E-state index contributed by atoms with van der Waals surface area (Å²) >= 11 is 1.60. The average Bonchev–Trinajstić information content (AvgIpc) is 2.77. The van der Waals surface area contributed by atoms with Gasteiger partial charge in [-0.15, -0.1) is 22.0 Å². The van der Waals surface area contributed by atoms with E-state index in [9.17, 15) is 5.11 Å². The van der Waals surface area contributed by atoms with Crippen LogP contribution in [0.2, 0.25) is 0 Å². The zero-order valence-electron chi connectivity index (χ0n) is 10.7. The second kappa shape index (κ2) is 5.02. The molecule has 1 N–H and O–H groups in total. The van der Waals surface area contributed by atoms with E-state index in [-0.39, 0.29) is 11.2 Å². The molecular formula is C13H16N2O2S. The number of phenolic OH excluding ortho intramolecular Hbond substituents is 1. The molecule has 0 bridgehead atoms. The predicted octanol–water partition coefficient (Wildman–Crippen LogP) is 3.37. The van der Waals surface area contributed by atoms with E-state index in [2.05, 4.69) is 10.2 Å². The quantitative estimate of drug-likeness (QED) is 0.861. The molecule has 0 aliphatic rings. The number of benzene rings is 1. The zero-order valence-corrected chi connectivity index (χ0v) is 11.5. The fourth-order valence-electron chi connectivity index (χ4n) is 1.30. The maximum absolute atomic E-state index is 9.18. The summed E-state index contributed by atoms with van der Waals surface area (Å²) in [7, 11) is 0. The average molecular weight is 264 g/mol. The number of aromatic hydroxyl groups is 1. The number of hydrogen-bond donors (Lipinski definition) is 1. The van der Waals surface area contributed by atoms with Crippen molar-refractivity contribution in [2.45, 2.75) is 36.8 Å². The molecule has 2 aromatic rings. The highest BCUT2D eigenvalue weighted by Crippen LogP contribution is 2.26. The van der Waals surface area contributed by atoms with Gasteiger partial charge in [0, 0.05) is 10.3 Å².